The number of carbonyl (C=O) groups excluding carboxylic acids is 2. The largest absolute Gasteiger partial charge is 0.357 e. The molecule has 3 rings (SSSR count). The van der Waals surface area contributed by atoms with E-state index in [1.54, 1.807) is 28.1 Å². The van der Waals surface area contributed by atoms with Gasteiger partial charge in [-0.15, -0.1) is 11.6 Å². The van der Waals surface area contributed by atoms with Crippen LogP contribution in [0, 0.1) is 0 Å². The summed E-state index contributed by atoms with van der Waals surface area (Å²) in [6.45, 7) is 4.06. The molecule has 3 heterocycles. The second-order valence-corrected chi connectivity index (χ2v) is 6.20. The summed E-state index contributed by atoms with van der Waals surface area (Å²) < 4.78 is 0. The first-order valence-electron chi connectivity index (χ1n) is 7.44. The number of hydrogen-bond acceptors (Lipinski definition) is 4. The molecule has 8 heteroatoms. The van der Waals surface area contributed by atoms with Crippen molar-refractivity contribution >= 4 is 23.4 Å². The second kappa shape index (κ2) is 6.28. The summed E-state index contributed by atoms with van der Waals surface area (Å²) in [6, 6.07) is 3.19. The van der Waals surface area contributed by atoms with Crippen LogP contribution in [0.4, 0.5) is 0 Å². The van der Waals surface area contributed by atoms with Gasteiger partial charge in [0.05, 0.1) is 5.38 Å². The van der Waals surface area contributed by atoms with Gasteiger partial charge in [-0.1, -0.05) is 0 Å². The molecule has 22 heavy (non-hydrogen) atoms. The maximum atomic E-state index is 12.5. The summed E-state index contributed by atoms with van der Waals surface area (Å²) in [6.07, 6.45) is 1.73. The minimum absolute atomic E-state index is 0.0103. The van der Waals surface area contributed by atoms with Crippen LogP contribution >= 0.6 is 11.6 Å². The number of hydrogen-bond donors (Lipinski definition) is 3. The van der Waals surface area contributed by atoms with E-state index in [1.807, 2.05) is 6.92 Å². The number of amides is 2. The molecule has 2 aliphatic rings. The van der Waals surface area contributed by atoms with Crippen molar-refractivity contribution in [1.29, 1.82) is 0 Å². The van der Waals surface area contributed by atoms with Crippen molar-refractivity contribution in [1.82, 2.24) is 25.6 Å². The molecule has 7 nitrogen and oxygen atoms in total. The lowest BCUT2D eigenvalue weighted by molar-refractivity contribution is -0.134. The molecular weight excluding hydrogens is 306 g/mol. The fourth-order valence-corrected chi connectivity index (χ4v) is 3.06. The Labute approximate surface area is 133 Å². The number of carbonyl (C=O) groups is 2. The topological polar surface area (TPSA) is 80.5 Å². The monoisotopic (exact) mass is 325 g/mol. The summed E-state index contributed by atoms with van der Waals surface area (Å²) in [5.74, 6) is -0.0366. The number of halogens is 1. The number of nitrogens with zero attached hydrogens (tertiary/aromatic N) is 2. The van der Waals surface area contributed by atoms with Crippen LogP contribution in [-0.4, -0.2) is 70.2 Å². The lowest BCUT2D eigenvalue weighted by Gasteiger charge is -2.36. The number of aromatic amines is 1. The number of rotatable bonds is 2. The highest BCUT2D eigenvalue weighted by Gasteiger charge is 2.39. The standard InChI is InChI=1S/C14H20ClN5O2/c1-9-11(15)12(18-17-9)14(22)20-7-5-19(6-8-20)13(21)10-3-2-4-16-10/h2-4,9,11-12,16-18H,5-8H2,1H3. The van der Waals surface area contributed by atoms with Gasteiger partial charge in [0.2, 0.25) is 5.91 Å². The fraction of sp³-hybridized carbons (Fsp3) is 0.571. The first kappa shape index (κ1) is 15.3. The molecule has 0 saturated carbocycles. The number of nitrogens with one attached hydrogen (secondary N) is 3. The minimum Gasteiger partial charge on any atom is -0.357 e. The first-order chi connectivity index (χ1) is 10.6. The Morgan fingerprint density at radius 1 is 1.18 bits per heavy atom. The Morgan fingerprint density at radius 2 is 1.86 bits per heavy atom. The Bertz CT molecular complexity index is 541. The molecule has 1 aromatic heterocycles. The van der Waals surface area contributed by atoms with Crippen molar-refractivity contribution in [2.75, 3.05) is 26.2 Å². The van der Waals surface area contributed by atoms with Crippen LogP contribution in [0.15, 0.2) is 18.3 Å². The Kier molecular flexibility index (Phi) is 4.37. The van der Waals surface area contributed by atoms with E-state index in [1.165, 1.54) is 0 Å². The van der Waals surface area contributed by atoms with Crippen molar-refractivity contribution < 1.29 is 9.59 Å². The molecule has 0 spiro atoms. The zero-order valence-corrected chi connectivity index (χ0v) is 13.1. The molecule has 2 fully saturated rings. The molecule has 3 unspecified atom stereocenters. The van der Waals surface area contributed by atoms with E-state index in [4.69, 9.17) is 11.6 Å². The van der Waals surface area contributed by atoms with Crippen LogP contribution in [0.2, 0.25) is 0 Å². The van der Waals surface area contributed by atoms with E-state index in [2.05, 4.69) is 15.8 Å². The van der Waals surface area contributed by atoms with E-state index in [9.17, 15) is 9.59 Å². The van der Waals surface area contributed by atoms with Crippen molar-refractivity contribution in [3.63, 3.8) is 0 Å². The third-order valence-electron chi connectivity index (χ3n) is 4.24. The van der Waals surface area contributed by atoms with E-state index in [0.29, 0.717) is 31.9 Å². The van der Waals surface area contributed by atoms with Gasteiger partial charge in [0, 0.05) is 38.4 Å². The highest BCUT2D eigenvalue weighted by molar-refractivity contribution is 6.23. The lowest BCUT2D eigenvalue weighted by atomic mass is 10.1. The molecular formula is C14H20ClN5O2. The number of hydrazine groups is 1. The number of piperazine rings is 1. The SMILES string of the molecule is CC1NNC(C(=O)N2CCN(C(=O)c3ccc[nH]3)CC2)C1Cl. The van der Waals surface area contributed by atoms with Gasteiger partial charge < -0.3 is 14.8 Å². The molecule has 2 aliphatic heterocycles. The Hall–Kier alpha value is -1.57. The molecule has 0 bridgehead atoms. The average molecular weight is 326 g/mol. The van der Waals surface area contributed by atoms with Gasteiger partial charge in [-0.25, -0.2) is 5.43 Å². The Morgan fingerprint density at radius 3 is 2.41 bits per heavy atom. The zero-order chi connectivity index (χ0) is 15.7. The second-order valence-electron chi connectivity index (χ2n) is 5.70. The highest BCUT2D eigenvalue weighted by atomic mass is 35.5. The summed E-state index contributed by atoms with van der Waals surface area (Å²) in [4.78, 5) is 31.2. The Balaban J connectivity index is 1.55. The van der Waals surface area contributed by atoms with E-state index in [0.717, 1.165) is 0 Å². The molecule has 0 aromatic carbocycles. The van der Waals surface area contributed by atoms with Crippen molar-refractivity contribution in [3.8, 4) is 0 Å². The lowest BCUT2D eigenvalue weighted by Crippen LogP contribution is -2.56. The number of H-pyrrole nitrogens is 1. The number of alkyl halides is 1. The summed E-state index contributed by atoms with van der Waals surface area (Å²) in [5.41, 5.74) is 6.52. The van der Waals surface area contributed by atoms with Gasteiger partial charge in [0.15, 0.2) is 0 Å². The molecule has 2 amide bonds. The molecule has 120 valence electrons. The smallest absolute Gasteiger partial charge is 0.270 e. The molecule has 3 N–H and O–H groups in total. The van der Waals surface area contributed by atoms with Gasteiger partial charge in [-0.3, -0.25) is 15.0 Å². The van der Waals surface area contributed by atoms with Gasteiger partial charge >= 0.3 is 0 Å². The van der Waals surface area contributed by atoms with E-state index in [-0.39, 0.29) is 23.2 Å². The summed E-state index contributed by atoms with van der Waals surface area (Å²) >= 11 is 6.25. The van der Waals surface area contributed by atoms with Crippen molar-refractivity contribution in [3.05, 3.63) is 24.0 Å². The molecule has 0 aliphatic carbocycles. The van der Waals surface area contributed by atoms with Gasteiger partial charge in [0.25, 0.3) is 5.91 Å². The number of aromatic nitrogens is 1. The maximum absolute atomic E-state index is 12.5. The predicted octanol–water partition coefficient (Wildman–Crippen LogP) is -0.229. The zero-order valence-electron chi connectivity index (χ0n) is 12.4. The molecule has 3 atom stereocenters. The van der Waals surface area contributed by atoms with Crippen LogP contribution in [0.25, 0.3) is 0 Å². The quantitative estimate of drug-likeness (QED) is 0.656. The van der Waals surface area contributed by atoms with Gasteiger partial charge in [-0.05, 0) is 19.1 Å². The van der Waals surface area contributed by atoms with Crippen molar-refractivity contribution in [2.24, 2.45) is 0 Å². The van der Waals surface area contributed by atoms with Crippen molar-refractivity contribution in [2.45, 2.75) is 24.4 Å². The van der Waals surface area contributed by atoms with Crippen LogP contribution in [0.5, 0.6) is 0 Å². The molecule has 2 saturated heterocycles. The van der Waals surface area contributed by atoms with Gasteiger partial charge in [-0.2, -0.15) is 0 Å². The van der Waals surface area contributed by atoms with E-state index < -0.39 is 6.04 Å². The summed E-state index contributed by atoms with van der Waals surface area (Å²) in [7, 11) is 0. The van der Waals surface area contributed by atoms with Crippen LogP contribution < -0.4 is 10.9 Å². The highest BCUT2D eigenvalue weighted by Crippen LogP contribution is 2.17. The molecule has 0 radical (unpaired) electrons. The van der Waals surface area contributed by atoms with Crippen LogP contribution in [0.3, 0.4) is 0 Å². The van der Waals surface area contributed by atoms with Crippen LogP contribution in [0.1, 0.15) is 17.4 Å². The third-order valence-corrected chi connectivity index (χ3v) is 4.87. The normalized spacial score (nSPS) is 28.9. The minimum atomic E-state index is -0.415. The third kappa shape index (κ3) is 2.84. The average Bonchev–Trinajstić information content (AvgIpc) is 3.18. The maximum Gasteiger partial charge on any atom is 0.270 e. The molecule has 1 aromatic rings. The predicted molar refractivity (Wildman–Crippen MR) is 82.4 cm³/mol. The van der Waals surface area contributed by atoms with E-state index >= 15 is 0 Å². The first-order valence-corrected chi connectivity index (χ1v) is 7.88. The van der Waals surface area contributed by atoms with Gasteiger partial charge in [0.1, 0.15) is 11.7 Å². The summed E-state index contributed by atoms with van der Waals surface area (Å²) in [5, 5.41) is -0.272. The fourth-order valence-electron chi connectivity index (χ4n) is 2.83. The van der Waals surface area contributed by atoms with Crippen LogP contribution in [-0.2, 0) is 4.79 Å².